The topological polar surface area (TPSA) is 81.6 Å². The Bertz CT molecular complexity index is 723. The number of benzene rings is 2. The molecule has 0 unspecified atom stereocenters. The Hall–Kier alpha value is -2.21. The van der Waals surface area contributed by atoms with Crippen LogP contribution in [0.15, 0.2) is 60.7 Å². The summed E-state index contributed by atoms with van der Waals surface area (Å²) in [6.07, 6.45) is 2.98. The molecule has 0 spiro atoms. The summed E-state index contributed by atoms with van der Waals surface area (Å²) in [4.78, 5) is 12.7. The van der Waals surface area contributed by atoms with Gasteiger partial charge in [-0.25, -0.2) is 0 Å². The van der Waals surface area contributed by atoms with Crippen molar-refractivity contribution in [1.82, 2.24) is 10.6 Å². The van der Waals surface area contributed by atoms with Gasteiger partial charge in [0.15, 0.2) is 0 Å². The zero-order valence-corrected chi connectivity index (χ0v) is 16.1. The summed E-state index contributed by atoms with van der Waals surface area (Å²) in [5.41, 5.74) is 2.01. The number of aryl methyl sites for hydroxylation is 1. The Morgan fingerprint density at radius 1 is 1.11 bits per heavy atom. The standard InChI is InChI=1S/C23H30N2O3/c26-16-21(22(27)19-9-5-2-6-10-19)25-23(28)20-15-18(13-14-24-20)12-11-17-7-3-1-4-8-17/h1-10,18,20-22,24,26-27H,11-16H2,(H,25,28)/t18-,20+,21-,22+/m1/s1. The predicted molar refractivity (Wildman–Crippen MR) is 110 cm³/mol. The van der Waals surface area contributed by atoms with Gasteiger partial charge in [-0.05, 0) is 49.3 Å². The van der Waals surface area contributed by atoms with Crippen LogP contribution in [0.25, 0.3) is 0 Å². The summed E-state index contributed by atoms with van der Waals surface area (Å²) < 4.78 is 0. The monoisotopic (exact) mass is 382 g/mol. The number of aliphatic hydroxyl groups excluding tert-OH is 2. The first kappa shape index (κ1) is 20.5. The molecule has 1 aliphatic rings. The number of rotatable bonds is 8. The molecule has 0 bridgehead atoms. The first-order valence-corrected chi connectivity index (χ1v) is 10.1. The summed E-state index contributed by atoms with van der Waals surface area (Å²) in [5, 5.41) is 26.3. The van der Waals surface area contributed by atoms with Gasteiger partial charge in [-0.15, -0.1) is 0 Å². The lowest BCUT2D eigenvalue weighted by Gasteiger charge is -2.31. The van der Waals surface area contributed by atoms with Gasteiger partial charge in [-0.2, -0.15) is 0 Å². The van der Waals surface area contributed by atoms with Crippen LogP contribution in [0.2, 0.25) is 0 Å². The molecular weight excluding hydrogens is 352 g/mol. The van der Waals surface area contributed by atoms with E-state index >= 15 is 0 Å². The van der Waals surface area contributed by atoms with E-state index in [1.54, 1.807) is 12.1 Å². The molecule has 5 nitrogen and oxygen atoms in total. The fourth-order valence-electron chi connectivity index (χ4n) is 3.86. The molecule has 4 atom stereocenters. The number of amides is 1. The van der Waals surface area contributed by atoms with Crippen LogP contribution in [0.4, 0.5) is 0 Å². The zero-order valence-electron chi connectivity index (χ0n) is 16.1. The van der Waals surface area contributed by atoms with E-state index < -0.39 is 12.1 Å². The normalized spacial score (nSPS) is 21.6. The van der Waals surface area contributed by atoms with E-state index in [0.29, 0.717) is 11.5 Å². The van der Waals surface area contributed by atoms with Crippen molar-refractivity contribution in [2.24, 2.45) is 5.92 Å². The van der Waals surface area contributed by atoms with Crippen molar-refractivity contribution in [3.8, 4) is 0 Å². The highest BCUT2D eigenvalue weighted by atomic mass is 16.3. The third-order valence-electron chi connectivity index (χ3n) is 5.56. The number of hydrogen-bond donors (Lipinski definition) is 4. The van der Waals surface area contributed by atoms with Crippen molar-refractivity contribution < 1.29 is 15.0 Å². The van der Waals surface area contributed by atoms with Gasteiger partial charge in [0.2, 0.25) is 5.91 Å². The summed E-state index contributed by atoms with van der Waals surface area (Å²) in [6, 6.07) is 18.5. The largest absolute Gasteiger partial charge is 0.394 e. The molecule has 1 fully saturated rings. The Kier molecular flexibility index (Phi) is 7.60. The summed E-state index contributed by atoms with van der Waals surface area (Å²) in [7, 11) is 0. The summed E-state index contributed by atoms with van der Waals surface area (Å²) >= 11 is 0. The molecule has 1 amide bonds. The third kappa shape index (κ3) is 5.64. The van der Waals surface area contributed by atoms with Crippen LogP contribution in [-0.4, -0.2) is 41.4 Å². The van der Waals surface area contributed by atoms with E-state index in [1.807, 2.05) is 24.3 Å². The van der Waals surface area contributed by atoms with Gasteiger partial charge in [-0.3, -0.25) is 4.79 Å². The Morgan fingerprint density at radius 3 is 2.46 bits per heavy atom. The Balaban J connectivity index is 1.52. The number of hydrogen-bond acceptors (Lipinski definition) is 4. The molecule has 150 valence electrons. The SMILES string of the molecule is O=C(N[C@H](CO)[C@@H](O)c1ccccc1)[C@@H]1C[C@H](CCc2ccccc2)CCN1. The summed E-state index contributed by atoms with van der Waals surface area (Å²) in [5.74, 6) is 0.335. The molecule has 28 heavy (non-hydrogen) atoms. The van der Waals surface area contributed by atoms with E-state index in [0.717, 1.165) is 32.2 Å². The van der Waals surface area contributed by atoms with Crippen LogP contribution in [0.3, 0.4) is 0 Å². The highest BCUT2D eigenvalue weighted by Gasteiger charge is 2.30. The number of carbonyl (C=O) groups excluding carboxylic acids is 1. The van der Waals surface area contributed by atoms with Gasteiger partial charge in [0, 0.05) is 0 Å². The average Bonchev–Trinajstić information content (AvgIpc) is 2.77. The molecule has 0 radical (unpaired) electrons. The van der Waals surface area contributed by atoms with Crippen LogP contribution in [0.1, 0.15) is 36.5 Å². The second-order valence-electron chi connectivity index (χ2n) is 7.57. The average molecular weight is 383 g/mol. The van der Waals surface area contributed by atoms with Crippen molar-refractivity contribution in [1.29, 1.82) is 0 Å². The van der Waals surface area contributed by atoms with Gasteiger partial charge in [0.25, 0.3) is 0 Å². The predicted octanol–water partition coefficient (Wildman–Crippen LogP) is 2.20. The van der Waals surface area contributed by atoms with Crippen LogP contribution in [-0.2, 0) is 11.2 Å². The van der Waals surface area contributed by atoms with Crippen LogP contribution >= 0.6 is 0 Å². The quantitative estimate of drug-likeness (QED) is 0.564. The molecule has 0 aliphatic carbocycles. The molecular formula is C23H30N2O3. The second-order valence-corrected chi connectivity index (χ2v) is 7.57. The van der Waals surface area contributed by atoms with E-state index in [-0.39, 0.29) is 18.6 Å². The molecule has 5 heteroatoms. The zero-order chi connectivity index (χ0) is 19.8. The molecule has 1 heterocycles. The van der Waals surface area contributed by atoms with Crippen LogP contribution in [0.5, 0.6) is 0 Å². The number of carbonyl (C=O) groups is 1. The molecule has 2 aromatic rings. The lowest BCUT2D eigenvalue weighted by molar-refractivity contribution is -0.126. The molecule has 1 saturated heterocycles. The van der Waals surface area contributed by atoms with Gasteiger partial charge >= 0.3 is 0 Å². The van der Waals surface area contributed by atoms with Crippen molar-refractivity contribution in [3.63, 3.8) is 0 Å². The second kappa shape index (κ2) is 10.4. The molecule has 0 saturated carbocycles. The smallest absolute Gasteiger partial charge is 0.237 e. The van der Waals surface area contributed by atoms with Crippen LogP contribution in [0, 0.1) is 5.92 Å². The van der Waals surface area contributed by atoms with E-state index in [1.165, 1.54) is 5.56 Å². The first-order valence-electron chi connectivity index (χ1n) is 10.1. The minimum Gasteiger partial charge on any atom is -0.394 e. The highest BCUT2D eigenvalue weighted by molar-refractivity contribution is 5.82. The van der Waals surface area contributed by atoms with Gasteiger partial charge in [-0.1, -0.05) is 60.7 Å². The Morgan fingerprint density at radius 2 is 1.79 bits per heavy atom. The van der Waals surface area contributed by atoms with Gasteiger partial charge in [0.1, 0.15) is 6.10 Å². The van der Waals surface area contributed by atoms with Crippen molar-refractivity contribution in [2.75, 3.05) is 13.2 Å². The first-order chi connectivity index (χ1) is 13.7. The third-order valence-corrected chi connectivity index (χ3v) is 5.56. The lowest BCUT2D eigenvalue weighted by atomic mass is 9.87. The van der Waals surface area contributed by atoms with Gasteiger partial charge < -0.3 is 20.8 Å². The number of nitrogens with one attached hydrogen (secondary N) is 2. The number of piperidine rings is 1. The lowest BCUT2D eigenvalue weighted by Crippen LogP contribution is -2.53. The molecule has 4 N–H and O–H groups in total. The van der Waals surface area contributed by atoms with E-state index in [2.05, 4.69) is 34.9 Å². The minimum absolute atomic E-state index is 0.154. The maximum absolute atomic E-state index is 12.7. The van der Waals surface area contributed by atoms with E-state index in [4.69, 9.17) is 0 Å². The summed E-state index contributed by atoms with van der Waals surface area (Å²) in [6.45, 7) is 0.495. The van der Waals surface area contributed by atoms with Gasteiger partial charge in [0.05, 0.1) is 18.7 Å². The number of aliphatic hydroxyl groups is 2. The highest BCUT2D eigenvalue weighted by Crippen LogP contribution is 2.23. The van der Waals surface area contributed by atoms with E-state index in [9.17, 15) is 15.0 Å². The molecule has 3 rings (SSSR count). The maximum Gasteiger partial charge on any atom is 0.237 e. The molecule has 0 aromatic heterocycles. The molecule has 2 aromatic carbocycles. The molecule has 1 aliphatic heterocycles. The Labute approximate surface area is 166 Å². The fourth-order valence-corrected chi connectivity index (χ4v) is 3.86. The maximum atomic E-state index is 12.7. The minimum atomic E-state index is -0.937. The van der Waals surface area contributed by atoms with Crippen molar-refractivity contribution >= 4 is 5.91 Å². The van der Waals surface area contributed by atoms with Crippen molar-refractivity contribution in [2.45, 2.75) is 43.9 Å². The van der Waals surface area contributed by atoms with Crippen LogP contribution < -0.4 is 10.6 Å². The van der Waals surface area contributed by atoms with Crippen molar-refractivity contribution in [3.05, 3.63) is 71.8 Å². The fraction of sp³-hybridized carbons (Fsp3) is 0.435.